The summed E-state index contributed by atoms with van der Waals surface area (Å²) < 4.78 is 34.7. The summed E-state index contributed by atoms with van der Waals surface area (Å²) in [7, 11) is -1.42. The Morgan fingerprint density at radius 2 is 2.05 bits per heavy atom. The zero-order chi connectivity index (χ0) is 15.5. The first kappa shape index (κ1) is 16.1. The van der Waals surface area contributed by atoms with Gasteiger partial charge in [-0.3, -0.25) is 0 Å². The fraction of sp³-hybridized carbons (Fsp3) is 0.600. The highest BCUT2D eigenvalue weighted by molar-refractivity contribution is 7.91. The van der Waals surface area contributed by atoms with E-state index >= 15 is 0 Å². The summed E-state index contributed by atoms with van der Waals surface area (Å²) in [5.41, 5.74) is 6.58. The second kappa shape index (κ2) is 6.66. The standard InChI is InChI=1S/C15H23NO4S/c1-19-15-8-11(10-16)6-7-14(15)20-12-4-3-5-13(9-12)21(2,17)18/h6-8,12-13H,3-5,9-10,16H2,1-2H3. The highest BCUT2D eigenvalue weighted by Crippen LogP contribution is 2.33. The number of benzene rings is 1. The lowest BCUT2D eigenvalue weighted by Crippen LogP contribution is -2.33. The second-order valence-electron chi connectivity index (χ2n) is 5.55. The number of nitrogens with two attached hydrogens (primary N) is 1. The van der Waals surface area contributed by atoms with Crippen LogP contribution in [0.4, 0.5) is 0 Å². The van der Waals surface area contributed by atoms with Gasteiger partial charge in [0.05, 0.1) is 12.4 Å². The Morgan fingerprint density at radius 3 is 2.67 bits per heavy atom. The van der Waals surface area contributed by atoms with E-state index in [0.717, 1.165) is 24.8 Å². The quantitative estimate of drug-likeness (QED) is 0.898. The molecule has 0 spiro atoms. The normalized spacial score (nSPS) is 22.8. The molecule has 0 aliphatic heterocycles. The Hall–Kier alpha value is -1.27. The van der Waals surface area contributed by atoms with Crippen molar-refractivity contribution in [2.75, 3.05) is 13.4 Å². The summed E-state index contributed by atoms with van der Waals surface area (Å²) in [4.78, 5) is 0. The summed E-state index contributed by atoms with van der Waals surface area (Å²) >= 11 is 0. The molecule has 118 valence electrons. The monoisotopic (exact) mass is 313 g/mol. The van der Waals surface area contributed by atoms with E-state index < -0.39 is 9.84 Å². The van der Waals surface area contributed by atoms with Crippen LogP contribution < -0.4 is 15.2 Å². The lowest BCUT2D eigenvalue weighted by atomic mass is 9.97. The predicted octanol–water partition coefficient (Wildman–Crippen LogP) is 1.89. The van der Waals surface area contributed by atoms with Crippen LogP contribution in [-0.2, 0) is 16.4 Å². The van der Waals surface area contributed by atoms with Gasteiger partial charge in [-0.15, -0.1) is 0 Å². The molecule has 0 radical (unpaired) electrons. The van der Waals surface area contributed by atoms with Gasteiger partial charge >= 0.3 is 0 Å². The van der Waals surface area contributed by atoms with Gasteiger partial charge in [0, 0.05) is 19.2 Å². The highest BCUT2D eigenvalue weighted by atomic mass is 32.2. The number of hydrogen-bond acceptors (Lipinski definition) is 5. The molecule has 1 saturated carbocycles. The van der Waals surface area contributed by atoms with Gasteiger partial charge in [0.15, 0.2) is 11.5 Å². The van der Waals surface area contributed by atoms with Crippen LogP contribution in [0.1, 0.15) is 31.2 Å². The van der Waals surface area contributed by atoms with E-state index in [0.29, 0.717) is 24.5 Å². The molecule has 0 bridgehead atoms. The topological polar surface area (TPSA) is 78.6 Å². The largest absolute Gasteiger partial charge is 0.493 e. The van der Waals surface area contributed by atoms with Crippen molar-refractivity contribution in [3.05, 3.63) is 23.8 Å². The van der Waals surface area contributed by atoms with E-state index in [9.17, 15) is 8.42 Å². The van der Waals surface area contributed by atoms with Crippen LogP contribution in [0.2, 0.25) is 0 Å². The molecule has 2 unspecified atom stereocenters. The molecular weight excluding hydrogens is 290 g/mol. The van der Waals surface area contributed by atoms with E-state index in [4.69, 9.17) is 15.2 Å². The van der Waals surface area contributed by atoms with E-state index in [1.165, 1.54) is 6.26 Å². The Labute approximate surface area is 126 Å². The first-order valence-corrected chi connectivity index (χ1v) is 9.12. The maximum atomic E-state index is 11.7. The molecule has 0 heterocycles. The maximum absolute atomic E-state index is 11.7. The Balaban J connectivity index is 2.11. The van der Waals surface area contributed by atoms with E-state index in [2.05, 4.69) is 0 Å². The molecule has 0 aromatic heterocycles. The number of methoxy groups -OCH3 is 1. The van der Waals surface area contributed by atoms with Crippen molar-refractivity contribution in [1.82, 2.24) is 0 Å². The number of rotatable bonds is 5. The molecule has 1 aliphatic rings. The minimum atomic E-state index is -3.01. The van der Waals surface area contributed by atoms with Gasteiger partial charge in [-0.2, -0.15) is 0 Å². The molecule has 2 atom stereocenters. The zero-order valence-corrected chi connectivity index (χ0v) is 13.4. The van der Waals surface area contributed by atoms with Crippen molar-refractivity contribution >= 4 is 9.84 Å². The Kier molecular flexibility index (Phi) is 5.11. The molecule has 1 aromatic carbocycles. The van der Waals surface area contributed by atoms with Crippen molar-refractivity contribution in [3.8, 4) is 11.5 Å². The van der Waals surface area contributed by atoms with Crippen LogP contribution in [0.5, 0.6) is 11.5 Å². The third-order valence-corrected chi connectivity index (χ3v) is 5.58. The number of ether oxygens (including phenoxy) is 2. The summed E-state index contributed by atoms with van der Waals surface area (Å²) in [5, 5.41) is -0.300. The van der Waals surface area contributed by atoms with E-state index in [1.807, 2.05) is 18.2 Å². The molecule has 0 saturated heterocycles. The van der Waals surface area contributed by atoms with Gasteiger partial charge < -0.3 is 15.2 Å². The molecular formula is C15H23NO4S. The molecule has 5 nitrogen and oxygen atoms in total. The van der Waals surface area contributed by atoms with Crippen LogP contribution in [0.15, 0.2) is 18.2 Å². The third kappa shape index (κ3) is 4.11. The molecule has 1 aliphatic carbocycles. The van der Waals surface area contributed by atoms with Gasteiger partial charge in [-0.1, -0.05) is 6.07 Å². The van der Waals surface area contributed by atoms with Crippen molar-refractivity contribution in [3.63, 3.8) is 0 Å². The summed E-state index contributed by atoms with van der Waals surface area (Å²) in [6.45, 7) is 0.441. The first-order chi connectivity index (χ1) is 9.94. The van der Waals surface area contributed by atoms with Crippen molar-refractivity contribution in [1.29, 1.82) is 0 Å². The Morgan fingerprint density at radius 1 is 1.29 bits per heavy atom. The molecule has 1 fully saturated rings. The molecule has 6 heteroatoms. The van der Waals surface area contributed by atoms with E-state index in [-0.39, 0.29) is 11.4 Å². The number of hydrogen-bond donors (Lipinski definition) is 1. The van der Waals surface area contributed by atoms with Crippen LogP contribution in [-0.4, -0.2) is 33.1 Å². The molecule has 0 amide bonds. The van der Waals surface area contributed by atoms with Crippen molar-refractivity contribution in [2.45, 2.75) is 43.6 Å². The van der Waals surface area contributed by atoms with Gasteiger partial charge in [0.25, 0.3) is 0 Å². The van der Waals surface area contributed by atoms with Gasteiger partial charge in [-0.25, -0.2) is 8.42 Å². The molecule has 1 aromatic rings. The van der Waals surface area contributed by atoms with Gasteiger partial charge in [-0.05, 0) is 37.0 Å². The van der Waals surface area contributed by atoms with Crippen LogP contribution in [0.3, 0.4) is 0 Å². The van der Waals surface area contributed by atoms with Crippen LogP contribution in [0, 0.1) is 0 Å². The van der Waals surface area contributed by atoms with Crippen LogP contribution in [0.25, 0.3) is 0 Å². The van der Waals surface area contributed by atoms with Gasteiger partial charge in [0.2, 0.25) is 0 Å². The molecule has 2 rings (SSSR count). The average Bonchev–Trinajstić information content (AvgIpc) is 2.47. The lowest BCUT2D eigenvalue weighted by Gasteiger charge is -2.29. The summed E-state index contributed by atoms with van der Waals surface area (Å²) in [5.74, 6) is 1.29. The first-order valence-electron chi connectivity index (χ1n) is 7.16. The minimum Gasteiger partial charge on any atom is -0.493 e. The fourth-order valence-electron chi connectivity index (χ4n) is 2.71. The highest BCUT2D eigenvalue weighted by Gasteiger charge is 2.30. The van der Waals surface area contributed by atoms with Crippen molar-refractivity contribution in [2.24, 2.45) is 5.73 Å². The molecule has 21 heavy (non-hydrogen) atoms. The van der Waals surface area contributed by atoms with Crippen molar-refractivity contribution < 1.29 is 17.9 Å². The zero-order valence-electron chi connectivity index (χ0n) is 12.5. The van der Waals surface area contributed by atoms with Gasteiger partial charge in [0.1, 0.15) is 15.9 Å². The lowest BCUT2D eigenvalue weighted by molar-refractivity contribution is 0.151. The SMILES string of the molecule is COc1cc(CN)ccc1OC1CCCC(S(C)(=O)=O)C1. The average molecular weight is 313 g/mol. The smallest absolute Gasteiger partial charge is 0.161 e. The van der Waals surface area contributed by atoms with E-state index in [1.54, 1.807) is 7.11 Å². The minimum absolute atomic E-state index is 0.0869. The predicted molar refractivity (Wildman–Crippen MR) is 82.4 cm³/mol. The summed E-state index contributed by atoms with van der Waals surface area (Å²) in [6.07, 6.45) is 4.22. The maximum Gasteiger partial charge on any atom is 0.161 e. The number of sulfone groups is 1. The summed E-state index contributed by atoms with van der Waals surface area (Å²) in [6, 6.07) is 5.59. The molecule has 2 N–H and O–H groups in total. The van der Waals surface area contributed by atoms with Crippen LogP contribution >= 0.6 is 0 Å². The third-order valence-electron chi connectivity index (χ3n) is 3.94. The second-order valence-corrected chi connectivity index (χ2v) is 7.87. The Bertz CT molecular complexity index is 585. The fourth-order valence-corrected chi connectivity index (χ4v) is 3.87.